The second-order valence-corrected chi connectivity index (χ2v) is 4.07. The number of nitrogens with zero attached hydrogens (tertiary/aromatic N) is 3. The van der Waals surface area contributed by atoms with Crippen molar-refractivity contribution in [2.45, 2.75) is 6.61 Å². The summed E-state index contributed by atoms with van der Waals surface area (Å²) >= 11 is 0. The Morgan fingerprint density at radius 2 is 2.29 bits per heavy atom. The first kappa shape index (κ1) is 14.3. The van der Waals surface area contributed by atoms with E-state index in [2.05, 4.69) is 10.1 Å². The topological polar surface area (TPSA) is 124 Å². The molecule has 8 nitrogen and oxygen atoms in total. The van der Waals surface area contributed by atoms with Crippen LogP contribution in [0.2, 0.25) is 0 Å². The Labute approximate surface area is 119 Å². The Morgan fingerprint density at radius 1 is 1.48 bits per heavy atom. The minimum atomic E-state index is -0.591. The van der Waals surface area contributed by atoms with Crippen molar-refractivity contribution in [3.63, 3.8) is 0 Å². The third kappa shape index (κ3) is 3.44. The van der Waals surface area contributed by atoms with E-state index in [0.717, 1.165) is 5.56 Å². The zero-order valence-corrected chi connectivity index (χ0v) is 10.8. The van der Waals surface area contributed by atoms with Crippen molar-refractivity contribution >= 4 is 11.5 Å². The number of amidine groups is 1. The summed E-state index contributed by atoms with van der Waals surface area (Å²) in [5, 5.41) is 22.5. The average Bonchev–Trinajstić information content (AvgIpc) is 2.52. The lowest BCUT2D eigenvalue weighted by molar-refractivity contribution is -0.386. The maximum absolute atomic E-state index is 11.1. The van der Waals surface area contributed by atoms with Crippen LogP contribution in [0.1, 0.15) is 11.1 Å². The number of nitro benzene ring substituents is 1. The van der Waals surface area contributed by atoms with Crippen LogP contribution in [-0.4, -0.2) is 21.0 Å². The highest BCUT2D eigenvalue weighted by Crippen LogP contribution is 2.28. The number of oxime groups is 1. The van der Waals surface area contributed by atoms with Crippen molar-refractivity contribution in [1.29, 1.82) is 0 Å². The first-order chi connectivity index (χ1) is 10.1. The summed E-state index contributed by atoms with van der Waals surface area (Å²) in [7, 11) is 0. The fraction of sp³-hybridized carbons (Fsp3) is 0.0769. The van der Waals surface area contributed by atoms with Crippen molar-refractivity contribution in [3.05, 3.63) is 64.0 Å². The van der Waals surface area contributed by atoms with Gasteiger partial charge in [0.05, 0.1) is 4.92 Å². The van der Waals surface area contributed by atoms with Crippen LogP contribution >= 0.6 is 0 Å². The Bertz CT molecular complexity index is 673. The van der Waals surface area contributed by atoms with E-state index in [-0.39, 0.29) is 29.4 Å². The number of pyridine rings is 1. The molecule has 0 spiro atoms. The van der Waals surface area contributed by atoms with Gasteiger partial charge in [0.1, 0.15) is 6.61 Å². The van der Waals surface area contributed by atoms with Crippen LogP contribution in [0.15, 0.2) is 47.9 Å². The first-order valence-electron chi connectivity index (χ1n) is 5.90. The van der Waals surface area contributed by atoms with Crippen LogP contribution in [0, 0.1) is 10.1 Å². The molecule has 0 bridgehead atoms. The predicted molar refractivity (Wildman–Crippen MR) is 74.2 cm³/mol. The first-order valence-corrected chi connectivity index (χ1v) is 5.90. The standard InChI is InChI=1S/C13H12N4O4/c14-13(16-18)10-3-4-12(11(6-10)17(19)20)21-8-9-2-1-5-15-7-9/h1-7,18H,8H2,(H2,14,16). The molecular weight excluding hydrogens is 276 g/mol. The molecule has 108 valence electrons. The molecule has 1 aromatic carbocycles. The Kier molecular flexibility index (Phi) is 4.30. The smallest absolute Gasteiger partial charge is 0.311 e. The van der Waals surface area contributed by atoms with Gasteiger partial charge in [-0.1, -0.05) is 11.2 Å². The summed E-state index contributed by atoms with van der Waals surface area (Å²) in [6, 6.07) is 7.61. The van der Waals surface area contributed by atoms with Crippen LogP contribution < -0.4 is 10.5 Å². The summed E-state index contributed by atoms with van der Waals surface area (Å²) in [5.41, 5.74) is 6.16. The largest absolute Gasteiger partial charge is 0.482 e. The fourth-order valence-corrected chi connectivity index (χ4v) is 1.64. The molecule has 21 heavy (non-hydrogen) atoms. The molecule has 0 saturated carbocycles. The molecule has 0 aliphatic rings. The van der Waals surface area contributed by atoms with E-state index in [4.69, 9.17) is 15.7 Å². The molecule has 0 aliphatic carbocycles. The summed E-state index contributed by atoms with van der Waals surface area (Å²) in [4.78, 5) is 14.4. The second-order valence-electron chi connectivity index (χ2n) is 4.07. The minimum Gasteiger partial charge on any atom is -0.482 e. The Balaban J connectivity index is 2.25. The van der Waals surface area contributed by atoms with E-state index in [9.17, 15) is 10.1 Å². The maximum atomic E-state index is 11.1. The van der Waals surface area contributed by atoms with Crippen molar-refractivity contribution in [3.8, 4) is 5.75 Å². The van der Waals surface area contributed by atoms with Gasteiger partial charge in [0.15, 0.2) is 11.6 Å². The van der Waals surface area contributed by atoms with Gasteiger partial charge in [-0.3, -0.25) is 15.1 Å². The molecule has 1 aromatic heterocycles. The van der Waals surface area contributed by atoms with Crippen molar-refractivity contribution in [1.82, 2.24) is 4.98 Å². The van der Waals surface area contributed by atoms with Gasteiger partial charge in [-0.25, -0.2) is 0 Å². The normalized spacial score (nSPS) is 11.1. The highest BCUT2D eigenvalue weighted by Gasteiger charge is 2.17. The number of aromatic nitrogens is 1. The van der Waals surface area contributed by atoms with E-state index in [0.29, 0.717) is 0 Å². The lowest BCUT2D eigenvalue weighted by Gasteiger charge is -2.07. The van der Waals surface area contributed by atoms with Gasteiger partial charge in [-0.2, -0.15) is 0 Å². The van der Waals surface area contributed by atoms with Crippen LogP contribution in [-0.2, 0) is 6.61 Å². The molecule has 0 radical (unpaired) electrons. The maximum Gasteiger partial charge on any atom is 0.311 e. The van der Waals surface area contributed by atoms with E-state index in [1.807, 2.05) is 0 Å². The van der Waals surface area contributed by atoms with E-state index >= 15 is 0 Å². The Morgan fingerprint density at radius 3 is 2.90 bits per heavy atom. The number of rotatable bonds is 5. The minimum absolute atomic E-state index is 0.0957. The van der Waals surface area contributed by atoms with Crippen molar-refractivity contribution in [2.24, 2.45) is 10.9 Å². The molecule has 0 saturated heterocycles. The van der Waals surface area contributed by atoms with Gasteiger partial charge in [0.2, 0.25) is 0 Å². The van der Waals surface area contributed by atoms with Gasteiger partial charge < -0.3 is 15.7 Å². The van der Waals surface area contributed by atoms with Crippen LogP contribution in [0.5, 0.6) is 5.75 Å². The molecule has 0 amide bonds. The third-order valence-corrected chi connectivity index (χ3v) is 2.68. The monoisotopic (exact) mass is 288 g/mol. The van der Waals surface area contributed by atoms with Gasteiger partial charge in [-0.05, 0) is 18.2 Å². The fourth-order valence-electron chi connectivity index (χ4n) is 1.64. The zero-order valence-electron chi connectivity index (χ0n) is 10.8. The molecule has 0 unspecified atom stereocenters. The molecule has 8 heteroatoms. The number of ether oxygens (including phenoxy) is 1. The van der Waals surface area contributed by atoms with E-state index in [1.54, 1.807) is 24.5 Å². The molecule has 0 fully saturated rings. The molecule has 3 N–H and O–H groups in total. The molecule has 0 aliphatic heterocycles. The number of nitro groups is 1. The van der Waals surface area contributed by atoms with Crippen LogP contribution in [0.25, 0.3) is 0 Å². The zero-order chi connectivity index (χ0) is 15.2. The predicted octanol–water partition coefficient (Wildman–Crippen LogP) is 1.66. The van der Waals surface area contributed by atoms with E-state index in [1.165, 1.54) is 18.2 Å². The highest BCUT2D eigenvalue weighted by atomic mass is 16.6. The number of benzene rings is 1. The summed E-state index contributed by atoms with van der Waals surface area (Å²) < 4.78 is 5.43. The number of hydrogen-bond donors (Lipinski definition) is 2. The molecule has 2 rings (SSSR count). The molecule has 1 heterocycles. The lowest BCUT2D eigenvalue weighted by Crippen LogP contribution is -2.13. The SMILES string of the molecule is NC(=NO)c1ccc(OCc2cccnc2)c([N+](=O)[O-])c1. The third-order valence-electron chi connectivity index (χ3n) is 2.68. The summed E-state index contributed by atoms with van der Waals surface area (Å²) in [6.07, 6.45) is 3.23. The summed E-state index contributed by atoms with van der Waals surface area (Å²) in [6.45, 7) is 0.150. The highest BCUT2D eigenvalue weighted by molar-refractivity contribution is 5.97. The lowest BCUT2D eigenvalue weighted by atomic mass is 10.1. The van der Waals surface area contributed by atoms with Gasteiger partial charge in [0.25, 0.3) is 0 Å². The number of hydrogen-bond acceptors (Lipinski definition) is 6. The van der Waals surface area contributed by atoms with Gasteiger partial charge in [-0.15, -0.1) is 0 Å². The molecular formula is C13H12N4O4. The van der Waals surface area contributed by atoms with Gasteiger partial charge in [0, 0.05) is 29.6 Å². The van der Waals surface area contributed by atoms with Crippen molar-refractivity contribution < 1.29 is 14.9 Å². The average molecular weight is 288 g/mol. The second kappa shape index (κ2) is 6.33. The number of nitrogens with two attached hydrogens (primary N) is 1. The molecule has 2 aromatic rings. The molecule has 0 atom stereocenters. The van der Waals surface area contributed by atoms with E-state index < -0.39 is 4.92 Å². The quantitative estimate of drug-likeness (QED) is 0.283. The van der Waals surface area contributed by atoms with Crippen molar-refractivity contribution in [2.75, 3.05) is 0 Å². The van der Waals surface area contributed by atoms with Gasteiger partial charge >= 0.3 is 5.69 Å². The van der Waals surface area contributed by atoms with Crippen LogP contribution in [0.3, 0.4) is 0 Å². The van der Waals surface area contributed by atoms with Crippen LogP contribution in [0.4, 0.5) is 5.69 Å². The summed E-state index contributed by atoms with van der Waals surface area (Å²) in [5.74, 6) is -0.116. The Hall–Kier alpha value is -3.16.